The van der Waals surface area contributed by atoms with E-state index in [1.807, 2.05) is 45.0 Å². The number of nitrogens with one attached hydrogen (secondary N) is 1. The van der Waals surface area contributed by atoms with Crippen LogP contribution in [0.15, 0.2) is 34.5 Å². The van der Waals surface area contributed by atoms with Crippen molar-refractivity contribution in [1.29, 1.82) is 0 Å². The van der Waals surface area contributed by atoms with Crippen molar-refractivity contribution in [2.45, 2.75) is 78.7 Å². The second-order valence-corrected chi connectivity index (χ2v) is 11.1. The quantitative estimate of drug-likeness (QED) is 0.0481. The molecule has 0 fully saturated rings. The Labute approximate surface area is 239 Å². The third-order valence-corrected chi connectivity index (χ3v) is 5.70. The van der Waals surface area contributed by atoms with Crippen LogP contribution in [0.5, 0.6) is 0 Å². The van der Waals surface area contributed by atoms with E-state index in [1.54, 1.807) is 6.92 Å². The molecule has 0 saturated carbocycles. The van der Waals surface area contributed by atoms with E-state index in [0.29, 0.717) is 57.4 Å². The first-order valence-electron chi connectivity index (χ1n) is 13.3. The number of nitrogens with two attached hydrogens (primary N) is 2. The molecule has 0 aromatic heterocycles. The molecule has 0 saturated heterocycles. The predicted octanol–water partition coefficient (Wildman–Crippen LogP) is 3.40. The number of ketones is 1. The lowest BCUT2D eigenvalue weighted by atomic mass is 10.1. The highest BCUT2D eigenvalue weighted by Gasteiger charge is 2.19. The van der Waals surface area contributed by atoms with Crippen molar-refractivity contribution in [2.24, 2.45) is 33.5 Å². The molecular formula is C28H49N5O5S. The summed E-state index contributed by atoms with van der Waals surface area (Å²) in [4.78, 5) is 22.1. The van der Waals surface area contributed by atoms with Crippen molar-refractivity contribution < 1.29 is 24.2 Å². The van der Waals surface area contributed by atoms with Gasteiger partial charge in [0.2, 0.25) is 5.91 Å². The van der Waals surface area contributed by atoms with Gasteiger partial charge in [0.25, 0.3) is 0 Å². The Hall–Kier alpha value is -2.47. The first-order valence-corrected chi connectivity index (χ1v) is 13.8. The Morgan fingerprint density at radius 3 is 2.21 bits per heavy atom. The number of benzene rings is 1. The molecule has 1 rings (SSSR count). The standard InChI is InChI=1S/C22H37N5O3S.C6H12O2/c1-16(2)9-13-30-22(4,31)11-14-29-12-10-20(28)25-15-18-5-7-19(8-6-18)21(24)27-26-17(3)23;1-5(2)6(8)3-4-7/h5-8,16,31H,9-15H2,1-4H3,(H2,23,26)(H2,24,27)(H,25,28);5,7H,3-4H2,1-2H3. The summed E-state index contributed by atoms with van der Waals surface area (Å²) in [5, 5.41) is 18.7. The number of hydrogen-bond donors (Lipinski definition) is 5. The maximum absolute atomic E-state index is 12.0. The van der Waals surface area contributed by atoms with Gasteiger partial charge >= 0.3 is 0 Å². The number of carbonyl (C=O) groups excluding carboxylic acids is 2. The fraction of sp³-hybridized carbons (Fsp3) is 0.643. The second-order valence-electron chi connectivity index (χ2n) is 10.1. The number of hydrogen-bond acceptors (Lipinski definition) is 8. The number of thiol groups is 1. The van der Waals surface area contributed by atoms with Crippen LogP contribution in [-0.4, -0.2) is 59.8 Å². The zero-order chi connectivity index (χ0) is 29.8. The van der Waals surface area contributed by atoms with Crippen molar-refractivity contribution in [2.75, 3.05) is 26.4 Å². The van der Waals surface area contributed by atoms with Crippen LogP contribution in [0.4, 0.5) is 0 Å². The smallest absolute Gasteiger partial charge is 0.222 e. The number of aliphatic hydroxyl groups is 1. The average Bonchev–Trinajstić information content (AvgIpc) is 2.86. The lowest BCUT2D eigenvalue weighted by Crippen LogP contribution is -2.26. The molecule has 0 radical (unpaired) electrons. The molecule has 1 aromatic rings. The fourth-order valence-electron chi connectivity index (χ4n) is 2.79. The van der Waals surface area contributed by atoms with Crippen LogP contribution in [0.1, 0.15) is 78.4 Å². The zero-order valence-electron chi connectivity index (χ0n) is 24.4. The minimum Gasteiger partial charge on any atom is -0.396 e. The molecule has 1 atom stereocenters. The van der Waals surface area contributed by atoms with Gasteiger partial charge in [0.1, 0.15) is 16.6 Å². The molecule has 0 spiro atoms. The molecule has 1 aromatic carbocycles. The molecule has 0 bridgehead atoms. The fourth-order valence-corrected chi connectivity index (χ4v) is 2.97. The Morgan fingerprint density at radius 1 is 1.05 bits per heavy atom. The molecule has 0 heterocycles. The third-order valence-electron chi connectivity index (χ3n) is 5.35. The van der Waals surface area contributed by atoms with Gasteiger partial charge in [0.05, 0.1) is 13.2 Å². The van der Waals surface area contributed by atoms with E-state index in [9.17, 15) is 9.59 Å². The van der Waals surface area contributed by atoms with Gasteiger partial charge in [-0.25, -0.2) is 0 Å². The van der Waals surface area contributed by atoms with E-state index in [4.69, 9.17) is 26.0 Å². The number of Topliss-reactive ketones (excluding diaryl/α,β-unsaturated/α-hetero) is 1. The molecule has 6 N–H and O–H groups in total. The summed E-state index contributed by atoms with van der Waals surface area (Å²) in [5.41, 5.74) is 13.0. The summed E-state index contributed by atoms with van der Waals surface area (Å²) in [5.74, 6) is 1.35. The molecule has 11 heteroatoms. The minimum atomic E-state index is -0.521. The van der Waals surface area contributed by atoms with Gasteiger partial charge in [-0.2, -0.15) is 0 Å². The van der Waals surface area contributed by atoms with E-state index in [-0.39, 0.29) is 30.1 Å². The average molecular weight is 568 g/mol. The maximum atomic E-state index is 12.0. The van der Waals surface area contributed by atoms with Crippen molar-refractivity contribution in [3.8, 4) is 0 Å². The van der Waals surface area contributed by atoms with E-state index >= 15 is 0 Å². The number of carbonyl (C=O) groups is 2. The van der Waals surface area contributed by atoms with Gasteiger partial charge in [0.15, 0.2) is 5.84 Å². The highest BCUT2D eigenvalue weighted by Crippen LogP contribution is 2.21. The summed E-state index contributed by atoms with van der Waals surface area (Å²) in [7, 11) is 0. The summed E-state index contributed by atoms with van der Waals surface area (Å²) in [6.45, 7) is 13.5. The van der Waals surface area contributed by atoms with Crippen LogP contribution in [0.25, 0.3) is 0 Å². The van der Waals surface area contributed by atoms with Crippen molar-refractivity contribution in [3.63, 3.8) is 0 Å². The summed E-state index contributed by atoms with van der Waals surface area (Å²) >= 11 is 4.54. The molecule has 1 unspecified atom stereocenters. The van der Waals surface area contributed by atoms with Gasteiger partial charge in [0, 0.05) is 50.5 Å². The number of amidine groups is 2. The lowest BCUT2D eigenvalue weighted by Gasteiger charge is -2.24. The predicted molar refractivity (Wildman–Crippen MR) is 161 cm³/mol. The normalized spacial score (nSPS) is 13.6. The van der Waals surface area contributed by atoms with Crippen LogP contribution >= 0.6 is 12.6 Å². The minimum absolute atomic E-state index is 0.0169. The molecule has 0 aliphatic heterocycles. The Morgan fingerprint density at radius 2 is 1.69 bits per heavy atom. The number of ether oxygens (including phenoxy) is 2. The van der Waals surface area contributed by atoms with E-state index in [1.165, 1.54) is 0 Å². The van der Waals surface area contributed by atoms with Gasteiger partial charge in [-0.1, -0.05) is 52.0 Å². The zero-order valence-corrected chi connectivity index (χ0v) is 25.3. The van der Waals surface area contributed by atoms with Crippen LogP contribution in [0, 0.1) is 11.8 Å². The van der Waals surface area contributed by atoms with Gasteiger partial charge < -0.3 is 31.4 Å². The number of rotatable bonds is 17. The third kappa shape index (κ3) is 20.1. The largest absolute Gasteiger partial charge is 0.396 e. The Bertz CT molecular complexity index is 898. The lowest BCUT2D eigenvalue weighted by molar-refractivity contribution is -0.123. The highest BCUT2D eigenvalue weighted by molar-refractivity contribution is 7.81. The summed E-state index contributed by atoms with van der Waals surface area (Å²) < 4.78 is 11.3. The Balaban J connectivity index is 0.00000156. The maximum Gasteiger partial charge on any atom is 0.222 e. The van der Waals surface area contributed by atoms with E-state index in [0.717, 1.165) is 17.5 Å². The van der Waals surface area contributed by atoms with E-state index < -0.39 is 4.93 Å². The summed E-state index contributed by atoms with van der Waals surface area (Å²) in [6, 6.07) is 7.39. The molecule has 0 aliphatic carbocycles. The molecule has 39 heavy (non-hydrogen) atoms. The van der Waals surface area contributed by atoms with Gasteiger partial charge in [-0.3, -0.25) is 9.59 Å². The van der Waals surface area contributed by atoms with Crippen LogP contribution < -0.4 is 16.8 Å². The first kappa shape index (κ1) is 36.5. The second kappa shape index (κ2) is 20.4. The Kier molecular flexibility index (Phi) is 19.1. The first-order chi connectivity index (χ1) is 18.3. The van der Waals surface area contributed by atoms with Crippen LogP contribution in [-0.2, 0) is 25.6 Å². The molecular weight excluding hydrogens is 518 g/mol. The monoisotopic (exact) mass is 567 g/mol. The topological polar surface area (TPSA) is 162 Å². The number of amides is 1. The van der Waals surface area contributed by atoms with Crippen molar-refractivity contribution in [1.82, 2.24) is 5.32 Å². The summed E-state index contributed by atoms with van der Waals surface area (Å²) in [6.07, 6.45) is 2.26. The number of aliphatic hydroxyl groups excluding tert-OH is 1. The van der Waals surface area contributed by atoms with Crippen LogP contribution in [0.3, 0.4) is 0 Å². The number of nitrogens with zero attached hydrogens (tertiary/aromatic N) is 2. The van der Waals surface area contributed by atoms with Gasteiger partial charge in [-0.05, 0) is 31.7 Å². The van der Waals surface area contributed by atoms with Gasteiger partial charge in [-0.15, -0.1) is 22.8 Å². The molecule has 222 valence electrons. The molecule has 1 amide bonds. The molecule has 10 nitrogen and oxygen atoms in total. The highest BCUT2D eigenvalue weighted by atomic mass is 32.1. The van der Waals surface area contributed by atoms with E-state index in [2.05, 4.69) is 42.0 Å². The van der Waals surface area contributed by atoms with Crippen molar-refractivity contribution >= 4 is 36.0 Å². The molecule has 0 aliphatic rings. The van der Waals surface area contributed by atoms with Crippen LogP contribution in [0.2, 0.25) is 0 Å². The van der Waals surface area contributed by atoms with Crippen molar-refractivity contribution in [3.05, 3.63) is 35.4 Å². The SMILES string of the molecule is C/C(N)=N/N=C(\N)c1ccc(CNC(=O)CCOCCC(C)(S)OCCC(C)C)cc1.CC(C)C(=O)CCO.